The third kappa shape index (κ3) is 4.96. The molecule has 0 spiro atoms. The molecule has 1 unspecified atom stereocenters. The zero-order chi connectivity index (χ0) is 15.2. The summed E-state index contributed by atoms with van der Waals surface area (Å²) in [6, 6.07) is 7.66. The Kier molecular flexibility index (Phi) is 5.63. The predicted octanol–water partition coefficient (Wildman–Crippen LogP) is -1.16. The summed E-state index contributed by atoms with van der Waals surface area (Å²) in [7, 11) is 1.45. The number of rotatable bonds is 6. The van der Waals surface area contributed by atoms with E-state index in [2.05, 4.69) is 16.0 Å². The second-order valence-electron chi connectivity index (χ2n) is 4.33. The maximum atomic E-state index is 11.8. The smallest absolute Gasteiger partial charge is 0.241 e. The Morgan fingerprint density at radius 3 is 2.35 bits per heavy atom. The van der Waals surface area contributed by atoms with Crippen LogP contribution in [0.2, 0.25) is 0 Å². The lowest BCUT2D eigenvalue weighted by Gasteiger charge is -2.28. The first-order valence-electron chi connectivity index (χ1n) is 6.09. The Morgan fingerprint density at radius 2 is 1.85 bits per heavy atom. The Labute approximate surface area is 117 Å². The van der Waals surface area contributed by atoms with Gasteiger partial charge in [-0.25, -0.2) is 5.32 Å². The molecule has 0 radical (unpaired) electrons. The van der Waals surface area contributed by atoms with Crippen LogP contribution in [0.1, 0.15) is 18.5 Å². The summed E-state index contributed by atoms with van der Waals surface area (Å²) >= 11 is 0. The summed E-state index contributed by atoms with van der Waals surface area (Å²) in [5.74, 6) is -3.24. The van der Waals surface area contributed by atoms with Gasteiger partial charge in [-0.1, -0.05) is 30.3 Å². The van der Waals surface area contributed by atoms with Crippen LogP contribution in [0.15, 0.2) is 30.3 Å². The lowest BCUT2D eigenvalue weighted by Crippen LogP contribution is -2.56. The lowest BCUT2D eigenvalue weighted by molar-refractivity contribution is -0.190. The molecule has 0 saturated carbocycles. The van der Waals surface area contributed by atoms with Gasteiger partial charge in [0.25, 0.3) is 0 Å². The van der Waals surface area contributed by atoms with Gasteiger partial charge in [-0.2, -0.15) is 0 Å². The molecule has 0 aliphatic rings. The van der Waals surface area contributed by atoms with Gasteiger partial charge in [-0.15, -0.1) is 0 Å². The highest BCUT2D eigenvalue weighted by Gasteiger charge is 2.31. The van der Waals surface area contributed by atoms with Crippen molar-refractivity contribution in [2.75, 3.05) is 13.6 Å². The number of aliphatic hydroxyl groups is 2. The van der Waals surface area contributed by atoms with Crippen molar-refractivity contribution in [3.05, 3.63) is 35.9 Å². The second kappa shape index (κ2) is 6.99. The van der Waals surface area contributed by atoms with Crippen LogP contribution >= 0.6 is 0 Å². The highest BCUT2D eigenvalue weighted by molar-refractivity contribution is 5.83. The van der Waals surface area contributed by atoms with Crippen LogP contribution < -0.4 is 16.0 Å². The molecule has 0 bridgehead atoms. The van der Waals surface area contributed by atoms with Crippen LogP contribution in [0.3, 0.4) is 0 Å². The van der Waals surface area contributed by atoms with E-state index in [0.29, 0.717) is 5.56 Å². The molecule has 0 heterocycles. The van der Waals surface area contributed by atoms with E-state index in [1.165, 1.54) is 14.0 Å². The monoisotopic (exact) mass is 281 g/mol. The molecule has 5 N–H and O–H groups in total. The molecule has 0 aliphatic carbocycles. The summed E-state index contributed by atoms with van der Waals surface area (Å²) in [5, 5.41) is 26.7. The van der Waals surface area contributed by atoms with Crippen molar-refractivity contribution in [1.29, 1.82) is 0 Å². The van der Waals surface area contributed by atoms with Crippen molar-refractivity contribution in [2.24, 2.45) is 0 Å². The van der Waals surface area contributed by atoms with Gasteiger partial charge >= 0.3 is 0 Å². The number of carbonyl (C=O) groups is 2. The average Bonchev–Trinajstić information content (AvgIpc) is 2.43. The number of benzene rings is 1. The molecule has 1 aromatic rings. The Balaban J connectivity index is 2.85. The van der Waals surface area contributed by atoms with Crippen LogP contribution in [0.4, 0.5) is 0 Å². The molecule has 1 rings (SSSR count). The molecule has 2 amide bonds. The van der Waals surface area contributed by atoms with E-state index in [-0.39, 0.29) is 0 Å². The van der Waals surface area contributed by atoms with Crippen LogP contribution in [-0.4, -0.2) is 41.5 Å². The van der Waals surface area contributed by atoms with E-state index in [1.807, 2.05) is 0 Å². The molecule has 1 atom stereocenters. The molecule has 20 heavy (non-hydrogen) atoms. The Bertz CT molecular complexity index is 462. The Morgan fingerprint density at radius 1 is 1.25 bits per heavy atom. The van der Waals surface area contributed by atoms with Crippen LogP contribution in [-0.2, 0) is 9.59 Å². The molecule has 0 aliphatic heterocycles. The highest BCUT2D eigenvalue weighted by atomic mass is 16.5. The predicted molar refractivity (Wildman–Crippen MR) is 72.2 cm³/mol. The summed E-state index contributed by atoms with van der Waals surface area (Å²) < 4.78 is 0. The number of nitrogens with one attached hydrogen (secondary N) is 3. The number of hydrogen-bond acceptors (Lipinski definition) is 5. The summed E-state index contributed by atoms with van der Waals surface area (Å²) in [6.45, 7) is 0.812. The van der Waals surface area contributed by atoms with Gasteiger partial charge in [0.2, 0.25) is 17.7 Å². The van der Waals surface area contributed by atoms with Crippen molar-refractivity contribution in [3.63, 3.8) is 0 Å². The van der Waals surface area contributed by atoms with Gasteiger partial charge in [-0.3, -0.25) is 9.59 Å². The molecule has 0 aromatic heterocycles. The summed E-state index contributed by atoms with van der Waals surface area (Å²) in [5.41, 5.74) is 0.571. The van der Waals surface area contributed by atoms with Gasteiger partial charge in [0.1, 0.15) is 6.04 Å². The van der Waals surface area contributed by atoms with E-state index in [0.717, 1.165) is 0 Å². The molecule has 7 nitrogen and oxygen atoms in total. The molecular weight excluding hydrogens is 262 g/mol. The highest BCUT2D eigenvalue weighted by Crippen LogP contribution is 2.15. The summed E-state index contributed by atoms with van der Waals surface area (Å²) in [4.78, 5) is 22.6. The minimum atomic E-state index is -2.40. The van der Waals surface area contributed by atoms with Crippen molar-refractivity contribution < 1.29 is 19.8 Å². The number of likely N-dealkylation sites (N-methyl/N-ethyl adjacent to an activating group) is 1. The van der Waals surface area contributed by atoms with Gasteiger partial charge < -0.3 is 20.8 Å². The van der Waals surface area contributed by atoms with Gasteiger partial charge in [0, 0.05) is 14.0 Å². The SMILES string of the molecule is CNC(=O)C(NC(O)(O)CNC(C)=O)c1ccccc1. The minimum absolute atomic E-state index is 0.407. The first-order valence-corrected chi connectivity index (χ1v) is 6.09. The van der Waals surface area contributed by atoms with Crippen molar-refractivity contribution in [3.8, 4) is 0 Å². The number of amides is 2. The lowest BCUT2D eigenvalue weighted by atomic mass is 10.1. The second-order valence-corrected chi connectivity index (χ2v) is 4.33. The van der Waals surface area contributed by atoms with Gasteiger partial charge in [-0.05, 0) is 5.56 Å². The van der Waals surface area contributed by atoms with E-state index >= 15 is 0 Å². The van der Waals surface area contributed by atoms with Crippen LogP contribution in [0.5, 0.6) is 0 Å². The maximum absolute atomic E-state index is 11.8. The molecule has 110 valence electrons. The summed E-state index contributed by atoms with van der Waals surface area (Å²) in [6.07, 6.45) is 0. The van der Waals surface area contributed by atoms with Crippen molar-refractivity contribution >= 4 is 11.8 Å². The number of hydrogen-bond donors (Lipinski definition) is 5. The van der Waals surface area contributed by atoms with E-state index in [9.17, 15) is 19.8 Å². The van der Waals surface area contributed by atoms with E-state index in [1.54, 1.807) is 30.3 Å². The molecule has 0 fully saturated rings. The van der Waals surface area contributed by atoms with E-state index in [4.69, 9.17) is 0 Å². The largest absolute Gasteiger partial charge is 0.358 e. The fraction of sp³-hybridized carbons (Fsp3) is 0.385. The standard InChI is InChI=1S/C13H19N3O4/c1-9(17)15-8-13(19,20)16-11(12(18)14-2)10-6-4-3-5-7-10/h3-7,11,16,19-20H,8H2,1-2H3,(H,14,18)(H,15,17). The quantitative estimate of drug-likeness (QED) is 0.422. The van der Waals surface area contributed by atoms with Crippen LogP contribution in [0.25, 0.3) is 0 Å². The third-order valence-corrected chi connectivity index (χ3v) is 2.60. The minimum Gasteiger partial charge on any atom is -0.358 e. The average molecular weight is 281 g/mol. The zero-order valence-electron chi connectivity index (χ0n) is 11.4. The normalized spacial score (nSPS) is 12.6. The van der Waals surface area contributed by atoms with Crippen LogP contribution in [0, 0.1) is 0 Å². The molecule has 7 heteroatoms. The Hall–Kier alpha value is -1.96. The zero-order valence-corrected chi connectivity index (χ0v) is 11.4. The van der Waals surface area contributed by atoms with Crippen molar-refractivity contribution in [1.82, 2.24) is 16.0 Å². The first kappa shape index (κ1) is 16.1. The fourth-order valence-corrected chi connectivity index (χ4v) is 1.62. The molecule has 1 aromatic carbocycles. The topological polar surface area (TPSA) is 111 Å². The van der Waals surface area contributed by atoms with Crippen molar-refractivity contribution in [2.45, 2.75) is 18.9 Å². The third-order valence-electron chi connectivity index (χ3n) is 2.60. The maximum Gasteiger partial charge on any atom is 0.241 e. The fourth-order valence-electron chi connectivity index (χ4n) is 1.62. The molecule has 0 saturated heterocycles. The van der Waals surface area contributed by atoms with Gasteiger partial charge in [0.15, 0.2) is 0 Å². The number of carbonyl (C=O) groups excluding carboxylic acids is 2. The molecular formula is C13H19N3O4. The van der Waals surface area contributed by atoms with E-state index < -0.39 is 30.3 Å². The van der Waals surface area contributed by atoms with Gasteiger partial charge in [0.05, 0.1) is 6.54 Å². The first-order chi connectivity index (χ1) is 9.35.